The highest BCUT2D eigenvalue weighted by molar-refractivity contribution is 5.77. The number of hydrogen-bond donors (Lipinski definition) is 0. The molecule has 2 aromatic carbocycles. The molecule has 4 aromatic rings. The van der Waals surface area contributed by atoms with E-state index in [0.717, 1.165) is 16.5 Å². The Bertz CT molecular complexity index is 1200. The second-order valence-corrected chi connectivity index (χ2v) is 7.35. The molecule has 0 atom stereocenters. The molecule has 28 heavy (non-hydrogen) atoms. The Kier molecular flexibility index (Phi) is 5.78. The van der Waals surface area contributed by atoms with Crippen LogP contribution in [0.1, 0.15) is 50.7 Å². The molecule has 0 saturated carbocycles. The van der Waals surface area contributed by atoms with Crippen LogP contribution in [0.3, 0.4) is 0 Å². The Morgan fingerprint density at radius 1 is 0.750 bits per heavy atom. The van der Waals surface area contributed by atoms with Crippen molar-refractivity contribution in [1.82, 2.24) is 0 Å². The lowest BCUT2D eigenvalue weighted by molar-refractivity contribution is 0.544. The topological polar surface area (TPSA) is 60.4 Å². The van der Waals surface area contributed by atoms with Gasteiger partial charge in [-0.05, 0) is 36.1 Å². The number of fused-ring (bicyclic) bond motifs is 2. The fraction of sp³-hybridized carbons (Fsp3) is 0.250. The summed E-state index contributed by atoms with van der Waals surface area (Å²) in [5.41, 5.74) is 2.65. The molecule has 0 aliphatic heterocycles. The van der Waals surface area contributed by atoms with Crippen LogP contribution in [-0.4, -0.2) is 0 Å². The van der Waals surface area contributed by atoms with Gasteiger partial charge in [-0.2, -0.15) is 0 Å². The second kappa shape index (κ2) is 8.26. The molecule has 2 heterocycles. The Hall–Kier alpha value is -3.14. The van der Waals surface area contributed by atoms with Crippen LogP contribution in [0.25, 0.3) is 21.9 Å². The van der Waals surface area contributed by atoms with Crippen LogP contribution in [0, 0.1) is 0 Å². The first-order valence-electron chi connectivity index (χ1n) is 9.41. The number of para-hydroxylation sites is 2. The van der Waals surface area contributed by atoms with E-state index >= 15 is 0 Å². The maximum Gasteiger partial charge on any atom is 0.339 e. The molecule has 0 aliphatic carbocycles. The summed E-state index contributed by atoms with van der Waals surface area (Å²) in [6, 6.07) is 16.8. The number of benzene rings is 2. The molecule has 0 radical (unpaired) electrons. The highest BCUT2D eigenvalue weighted by atomic mass is 16.4. The molecule has 2 aromatic heterocycles. The van der Waals surface area contributed by atoms with Gasteiger partial charge in [-0.1, -0.05) is 58.0 Å². The third kappa shape index (κ3) is 4.06. The first-order valence-corrected chi connectivity index (χ1v) is 9.41. The SMILES string of the molecule is CC(C)c1cc2ccccc2oc1=O.CC(C)c1coc2ccccc2c1=O. The predicted octanol–water partition coefficient (Wildman–Crippen LogP) is 5.83. The summed E-state index contributed by atoms with van der Waals surface area (Å²) in [6.45, 7) is 7.95. The van der Waals surface area contributed by atoms with Gasteiger partial charge in [0.2, 0.25) is 0 Å². The summed E-state index contributed by atoms with van der Waals surface area (Å²) in [7, 11) is 0. The largest absolute Gasteiger partial charge is 0.464 e. The van der Waals surface area contributed by atoms with Gasteiger partial charge in [0.25, 0.3) is 0 Å². The normalized spacial score (nSPS) is 11.1. The fourth-order valence-corrected chi connectivity index (χ4v) is 2.97. The molecular formula is C24H24O4. The van der Waals surface area contributed by atoms with Gasteiger partial charge in [0.05, 0.1) is 11.6 Å². The predicted molar refractivity (Wildman–Crippen MR) is 113 cm³/mol. The Balaban J connectivity index is 0.000000161. The Labute approximate surface area is 163 Å². The zero-order valence-electron chi connectivity index (χ0n) is 16.6. The lowest BCUT2D eigenvalue weighted by Gasteiger charge is -2.04. The van der Waals surface area contributed by atoms with E-state index in [1.54, 1.807) is 24.5 Å². The standard InChI is InChI=1S/2C12H12O2/c1-8(2)10-7-14-11-6-4-3-5-9(11)12(10)13;1-8(2)10-7-9-5-3-4-6-11(9)14-12(10)13/h2*3-8H,1-2H3. The van der Waals surface area contributed by atoms with Crippen LogP contribution in [0.15, 0.2) is 79.3 Å². The summed E-state index contributed by atoms with van der Waals surface area (Å²) < 4.78 is 10.6. The lowest BCUT2D eigenvalue weighted by Crippen LogP contribution is -2.09. The molecule has 0 unspecified atom stereocenters. The minimum absolute atomic E-state index is 0.0850. The smallest absolute Gasteiger partial charge is 0.339 e. The van der Waals surface area contributed by atoms with E-state index in [2.05, 4.69) is 0 Å². The first kappa shape index (κ1) is 19.6. The average molecular weight is 376 g/mol. The van der Waals surface area contributed by atoms with Crippen LogP contribution in [-0.2, 0) is 0 Å². The van der Waals surface area contributed by atoms with E-state index in [9.17, 15) is 9.59 Å². The van der Waals surface area contributed by atoms with E-state index in [1.165, 1.54) is 0 Å². The number of hydrogen-bond acceptors (Lipinski definition) is 4. The fourth-order valence-electron chi connectivity index (χ4n) is 2.97. The average Bonchev–Trinajstić information content (AvgIpc) is 2.68. The highest BCUT2D eigenvalue weighted by Gasteiger charge is 2.09. The third-order valence-corrected chi connectivity index (χ3v) is 4.62. The molecule has 144 valence electrons. The van der Waals surface area contributed by atoms with Gasteiger partial charge >= 0.3 is 5.63 Å². The van der Waals surface area contributed by atoms with Crippen molar-refractivity contribution >= 4 is 21.9 Å². The van der Waals surface area contributed by atoms with Crippen molar-refractivity contribution in [1.29, 1.82) is 0 Å². The zero-order chi connectivity index (χ0) is 20.3. The minimum Gasteiger partial charge on any atom is -0.464 e. The Morgan fingerprint density at radius 3 is 2.04 bits per heavy atom. The van der Waals surface area contributed by atoms with Crippen molar-refractivity contribution in [3.05, 3.63) is 92.6 Å². The van der Waals surface area contributed by atoms with Crippen molar-refractivity contribution < 1.29 is 8.83 Å². The summed E-state index contributed by atoms with van der Waals surface area (Å²) in [5.74, 6) is 0.409. The monoisotopic (exact) mass is 376 g/mol. The summed E-state index contributed by atoms with van der Waals surface area (Å²) in [5, 5.41) is 1.65. The molecule has 0 N–H and O–H groups in total. The van der Waals surface area contributed by atoms with Gasteiger partial charge in [0.15, 0.2) is 5.43 Å². The summed E-state index contributed by atoms with van der Waals surface area (Å²) >= 11 is 0. The first-order chi connectivity index (χ1) is 13.4. The molecule has 0 aliphatic rings. The van der Waals surface area contributed by atoms with Crippen molar-refractivity contribution in [3.63, 3.8) is 0 Å². The summed E-state index contributed by atoms with van der Waals surface area (Å²) in [4.78, 5) is 23.4. The van der Waals surface area contributed by atoms with Crippen LogP contribution < -0.4 is 11.1 Å². The van der Waals surface area contributed by atoms with Crippen LogP contribution in [0.4, 0.5) is 0 Å². The lowest BCUT2D eigenvalue weighted by atomic mass is 10.0. The molecule has 0 amide bonds. The Morgan fingerprint density at radius 2 is 1.36 bits per heavy atom. The van der Waals surface area contributed by atoms with Crippen molar-refractivity contribution in [2.45, 2.75) is 39.5 Å². The van der Waals surface area contributed by atoms with Gasteiger partial charge < -0.3 is 8.83 Å². The number of rotatable bonds is 2. The van der Waals surface area contributed by atoms with Gasteiger partial charge in [0, 0.05) is 16.5 Å². The highest BCUT2D eigenvalue weighted by Crippen LogP contribution is 2.17. The second-order valence-electron chi connectivity index (χ2n) is 7.35. The molecule has 0 bridgehead atoms. The van der Waals surface area contributed by atoms with Crippen LogP contribution >= 0.6 is 0 Å². The van der Waals surface area contributed by atoms with Crippen molar-refractivity contribution in [3.8, 4) is 0 Å². The van der Waals surface area contributed by atoms with E-state index in [0.29, 0.717) is 16.6 Å². The molecule has 4 nitrogen and oxygen atoms in total. The van der Waals surface area contributed by atoms with E-state index < -0.39 is 0 Å². The van der Waals surface area contributed by atoms with Crippen molar-refractivity contribution in [2.24, 2.45) is 0 Å². The van der Waals surface area contributed by atoms with Gasteiger partial charge in [0.1, 0.15) is 11.2 Å². The molecular weight excluding hydrogens is 352 g/mol. The van der Waals surface area contributed by atoms with Gasteiger partial charge in [-0.15, -0.1) is 0 Å². The molecule has 4 rings (SSSR count). The summed E-state index contributed by atoms with van der Waals surface area (Å²) in [6.07, 6.45) is 1.56. The quantitative estimate of drug-likeness (QED) is 0.413. The molecule has 0 saturated heterocycles. The maximum absolute atomic E-state index is 11.9. The van der Waals surface area contributed by atoms with Crippen molar-refractivity contribution in [2.75, 3.05) is 0 Å². The molecule has 4 heteroatoms. The van der Waals surface area contributed by atoms with Gasteiger partial charge in [-0.3, -0.25) is 4.79 Å². The van der Waals surface area contributed by atoms with Gasteiger partial charge in [-0.25, -0.2) is 4.79 Å². The maximum atomic E-state index is 11.9. The molecule has 0 fully saturated rings. The van der Waals surface area contributed by atoms with Crippen LogP contribution in [0.2, 0.25) is 0 Å². The third-order valence-electron chi connectivity index (χ3n) is 4.62. The minimum atomic E-state index is -0.223. The molecule has 0 spiro atoms. The van der Waals surface area contributed by atoms with E-state index in [4.69, 9.17) is 8.83 Å². The van der Waals surface area contributed by atoms with Crippen LogP contribution in [0.5, 0.6) is 0 Å². The van der Waals surface area contributed by atoms with E-state index in [-0.39, 0.29) is 22.9 Å². The zero-order valence-corrected chi connectivity index (χ0v) is 16.6. The van der Waals surface area contributed by atoms with E-state index in [1.807, 2.05) is 64.1 Å².